The minimum atomic E-state index is -0.504. The van der Waals surface area contributed by atoms with Crippen LogP contribution in [-0.2, 0) is 0 Å². The molecule has 0 bridgehead atoms. The Hall–Kier alpha value is -3.04. The second-order valence-electron chi connectivity index (χ2n) is 4.19. The number of nitrogens with zero attached hydrogens (tertiary/aromatic N) is 3. The third-order valence-electron chi connectivity index (χ3n) is 2.91. The second-order valence-corrected chi connectivity index (χ2v) is 4.19. The molecule has 0 aromatic carbocycles. The molecule has 6 nitrogen and oxygen atoms in total. The molecule has 6 heteroatoms. The maximum atomic E-state index is 12.3. The number of hydrogen-bond donors (Lipinski definition) is 1. The number of amides is 2. The third kappa shape index (κ3) is 2.16. The molecule has 1 aliphatic heterocycles. The zero-order valence-corrected chi connectivity index (χ0v) is 10.8. The molecule has 0 saturated heterocycles. The lowest BCUT2D eigenvalue weighted by atomic mass is 10.2. The number of imide groups is 1. The third-order valence-corrected chi connectivity index (χ3v) is 2.91. The maximum absolute atomic E-state index is 12.3. The first-order valence-electron chi connectivity index (χ1n) is 6.13. The summed E-state index contributed by atoms with van der Waals surface area (Å²) < 4.78 is 0. The molecular formula is C15H9N3O3. The summed E-state index contributed by atoms with van der Waals surface area (Å²) in [6.07, 6.45) is 1.46. The Morgan fingerprint density at radius 2 is 2.00 bits per heavy atom. The van der Waals surface area contributed by atoms with Crippen LogP contribution in [0.3, 0.4) is 0 Å². The maximum Gasteiger partial charge on any atom is 0.285 e. The highest BCUT2D eigenvalue weighted by molar-refractivity contribution is 6.33. The van der Waals surface area contributed by atoms with Crippen molar-refractivity contribution in [1.29, 1.82) is 0 Å². The monoisotopic (exact) mass is 279 g/mol. The summed E-state index contributed by atoms with van der Waals surface area (Å²) in [5.41, 5.74) is 0.748. The minimum Gasteiger partial charge on any atom is -0.384 e. The number of carbonyl (C=O) groups is 2. The summed E-state index contributed by atoms with van der Waals surface area (Å²) in [7, 11) is 0. The van der Waals surface area contributed by atoms with Crippen molar-refractivity contribution >= 4 is 17.6 Å². The summed E-state index contributed by atoms with van der Waals surface area (Å²) in [5.74, 6) is 4.33. The summed E-state index contributed by atoms with van der Waals surface area (Å²) in [6.45, 7) is -0.289. The number of aliphatic hydroxyl groups excluding tert-OH is 1. The Labute approximate surface area is 120 Å². The van der Waals surface area contributed by atoms with Gasteiger partial charge in [0.25, 0.3) is 11.8 Å². The van der Waals surface area contributed by atoms with Crippen LogP contribution in [0.15, 0.2) is 36.5 Å². The molecule has 3 heterocycles. The van der Waals surface area contributed by atoms with Gasteiger partial charge in [-0.3, -0.25) is 14.6 Å². The van der Waals surface area contributed by atoms with E-state index in [0.29, 0.717) is 5.69 Å². The summed E-state index contributed by atoms with van der Waals surface area (Å²) in [6, 6.07) is 7.97. The van der Waals surface area contributed by atoms with Crippen molar-refractivity contribution in [3.63, 3.8) is 0 Å². The molecule has 0 spiro atoms. The smallest absolute Gasteiger partial charge is 0.285 e. The van der Waals surface area contributed by atoms with Gasteiger partial charge in [-0.05, 0) is 30.2 Å². The predicted octanol–water partition coefficient (Wildman–Crippen LogP) is 0.621. The van der Waals surface area contributed by atoms with Gasteiger partial charge in [-0.1, -0.05) is 12.0 Å². The van der Waals surface area contributed by atoms with Crippen molar-refractivity contribution < 1.29 is 14.7 Å². The van der Waals surface area contributed by atoms with Crippen LogP contribution in [0.1, 0.15) is 26.5 Å². The molecule has 3 rings (SSSR count). The van der Waals surface area contributed by atoms with E-state index in [1.54, 1.807) is 30.3 Å². The highest BCUT2D eigenvalue weighted by Crippen LogP contribution is 2.25. The molecule has 102 valence electrons. The van der Waals surface area contributed by atoms with Crippen LogP contribution in [0.4, 0.5) is 5.82 Å². The summed E-state index contributed by atoms with van der Waals surface area (Å²) in [5, 5.41) is 8.68. The average Bonchev–Trinajstić information content (AvgIpc) is 2.78. The van der Waals surface area contributed by atoms with E-state index in [2.05, 4.69) is 21.8 Å². The van der Waals surface area contributed by atoms with Crippen molar-refractivity contribution in [3.8, 4) is 11.8 Å². The predicted molar refractivity (Wildman–Crippen MR) is 73.6 cm³/mol. The van der Waals surface area contributed by atoms with Crippen molar-refractivity contribution in [2.45, 2.75) is 0 Å². The van der Waals surface area contributed by atoms with Crippen LogP contribution in [0, 0.1) is 11.8 Å². The first kappa shape index (κ1) is 13.0. The lowest BCUT2D eigenvalue weighted by Gasteiger charge is -2.12. The Kier molecular flexibility index (Phi) is 3.18. The molecule has 0 fully saturated rings. The van der Waals surface area contributed by atoms with Gasteiger partial charge in [0.15, 0.2) is 0 Å². The molecule has 0 atom stereocenters. The van der Waals surface area contributed by atoms with E-state index in [4.69, 9.17) is 5.11 Å². The van der Waals surface area contributed by atoms with Crippen LogP contribution in [0.25, 0.3) is 0 Å². The standard InChI is InChI=1S/C15H9N3O3/c19-9-3-5-10-4-1-7-12(17-10)18-14(20)11-6-2-8-16-13(11)15(18)21/h1-2,4,6-8,19H,9H2. The first-order chi connectivity index (χ1) is 10.2. The van der Waals surface area contributed by atoms with Crippen LogP contribution < -0.4 is 4.90 Å². The van der Waals surface area contributed by atoms with Gasteiger partial charge in [0.05, 0.1) is 5.56 Å². The SMILES string of the molecule is O=C1c2cccnc2C(=O)N1c1cccc(C#CCO)n1. The van der Waals surface area contributed by atoms with Crippen LogP contribution >= 0.6 is 0 Å². The molecule has 1 N–H and O–H groups in total. The molecule has 2 aromatic heterocycles. The Morgan fingerprint density at radius 1 is 1.14 bits per heavy atom. The zero-order valence-electron chi connectivity index (χ0n) is 10.8. The number of rotatable bonds is 1. The van der Waals surface area contributed by atoms with E-state index in [9.17, 15) is 9.59 Å². The van der Waals surface area contributed by atoms with Gasteiger partial charge in [0.1, 0.15) is 23.8 Å². The second kappa shape index (κ2) is 5.15. The number of pyridine rings is 2. The van der Waals surface area contributed by atoms with E-state index in [-0.39, 0.29) is 23.7 Å². The van der Waals surface area contributed by atoms with E-state index >= 15 is 0 Å². The Morgan fingerprint density at radius 3 is 2.76 bits per heavy atom. The average molecular weight is 279 g/mol. The lowest BCUT2D eigenvalue weighted by Crippen LogP contribution is -2.30. The van der Waals surface area contributed by atoms with Gasteiger partial charge < -0.3 is 5.11 Å². The lowest BCUT2D eigenvalue weighted by molar-refractivity contribution is 0.0923. The van der Waals surface area contributed by atoms with Gasteiger partial charge in [0.2, 0.25) is 0 Å². The molecule has 21 heavy (non-hydrogen) atoms. The molecule has 0 unspecified atom stereocenters. The molecule has 0 saturated carbocycles. The van der Waals surface area contributed by atoms with Gasteiger partial charge in [-0.15, -0.1) is 0 Å². The quantitative estimate of drug-likeness (QED) is 0.611. The van der Waals surface area contributed by atoms with Gasteiger partial charge >= 0.3 is 0 Å². The number of aliphatic hydroxyl groups is 1. The fourth-order valence-electron chi connectivity index (χ4n) is 2.02. The topological polar surface area (TPSA) is 83.4 Å². The number of carbonyl (C=O) groups excluding carboxylic acids is 2. The van der Waals surface area contributed by atoms with E-state index in [1.165, 1.54) is 6.20 Å². The van der Waals surface area contributed by atoms with E-state index in [0.717, 1.165) is 4.90 Å². The van der Waals surface area contributed by atoms with Crippen LogP contribution in [0.5, 0.6) is 0 Å². The number of aromatic nitrogens is 2. The molecule has 1 aliphatic rings. The molecule has 2 amide bonds. The van der Waals surface area contributed by atoms with Gasteiger partial charge in [0, 0.05) is 6.20 Å². The van der Waals surface area contributed by atoms with Gasteiger partial charge in [-0.2, -0.15) is 0 Å². The fourth-order valence-corrected chi connectivity index (χ4v) is 2.02. The largest absolute Gasteiger partial charge is 0.384 e. The van der Waals surface area contributed by atoms with Crippen LogP contribution in [-0.4, -0.2) is 33.5 Å². The van der Waals surface area contributed by atoms with Crippen molar-refractivity contribution in [3.05, 3.63) is 53.5 Å². The van der Waals surface area contributed by atoms with E-state index in [1.807, 2.05) is 0 Å². The highest BCUT2D eigenvalue weighted by atomic mass is 16.2. The summed E-state index contributed by atoms with van der Waals surface area (Å²) in [4.78, 5) is 33.6. The Balaban J connectivity index is 2.03. The fraction of sp³-hybridized carbons (Fsp3) is 0.0667. The van der Waals surface area contributed by atoms with Crippen LogP contribution in [0.2, 0.25) is 0 Å². The molecule has 2 aromatic rings. The highest BCUT2D eigenvalue weighted by Gasteiger charge is 2.38. The normalized spacial score (nSPS) is 12.9. The molecular weight excluding hydrogens is 270 g/mol. The number of fused-ring (bicyclic) bond motifs is 1. The van der Waals surface area contributed by atoms with E-state index < -0.39 is 11.8 Å². The Bertz CT molecular complexity index is 770. The number of anilines is 1. The first-order valence-corrected chi connectivity index (χ1v) is 6.13. The van der Waals surface area contributed by atoms with Gasteiger partial charge in [-0.25, -0.2) is 9.88 Å². The zero-order chi connectivity index (χ0) is 14.8. The molecule has 0 radical (unpaired) electrons. The number of hydrogen-bond acceptors (Lipinski definition) is 5. The minimum absolute atomic E-state index is 0.121. The molecule has 0 aliphatic carbocycles. The van der Waals surface area contributed by atoms with Crippen molar-refractivity contribution in [2.24, 2.45) is 0 Å². The van der Waals surface area contributed by atoms with Crippen molar-refractivity contribution in [1.82, 2.24) is 9.97 Å². The summed E-state index contributed by atoms with van der Waals surface area (Å²) >= 11 is 0. The van der Waals surface area contributed by atoms with Crippen molar-refractivity contribution in [2.75, 3.05) is 11.5 Å².